The second-order valence-electron chi connectivity index (χ2n) is 6.14. The molecule has 112 valence electrons. The van der Waals surface area contributed by atoms with Gasteiger partial charge in [0.25, 0.3) is 0 Å². The molecule has 2 nitrogen and oxygen atoms in total. The minimum absolute atomic E-state index is 0.289. The average molecular weight is 283 g/mol. The molecule has 0 bridgehead atoms. The smallest absolute Gasteiger partial charge is 0.0944 e. The molecule has 2 aromatic carbocycles. The molecule has 2 heteroatoms. The molecule has 2 rings (SSSR count). The SMILES string of the molecule is CC(C)Cc1ccc(C(O)C(N)Cc2ccccc2)cc1. The summed E-state index contributed by atoms with van der Waals surface area (Å²) in [5, 5.41) is 10.4. The van der Waals surface area contributed by atoms with Crippen molar-refractivity contribution in [3.63, 3.8) is 0 Å². The van der Waals surface area contributed by atoms with Crippen LogP contribution in [0.1, 0.15) is 36.6 Å². The molecule has 0 aromatic heterocycles. The van der Waals surface area contributed by atoms with Crippen molar-refractivity contribution < 1.29 is 5.11 Å². The van der Waals surface area contributed by atoms with Gasteiger partial charge in [-0.15, -0.1) is 0 Å². The van der Waals surface area contributed by atoms with Crippen LogP contribution in [0.15, 0.2) is 54.6 Å². The molecule has 0 aliphatic rings. The van der Waals surface area contributed by atoms with Crippen LogP contribution in [0.25, 0.3) is 0 Å². The Hall–Kier alpha value is -1.64. The first-order valence-electron chi connectivity index (χ1n) is 7.62. The number of rotatable bonds is 6. The summed E-state index contributed by atoms with van der Waals surface area (Å²) in [5.74, 6) is 0.640. The summed E-state index contributed by atoms with van der Waals surface area (Å²) >= 11 is 0. The van der Waals surface area contributed by atoms with Crippen LogP contribution in [0.5, 0.6) is 0 Å². The lowest BCUT2D eigenvalue weighted by molar-refractivity contribution is 0.146. The van der Waals surface area contributed by atoms with Gasteiger partial charge in [0, 0.05) is 6.04 Å². The van der Waals surface area contributed by atoms with Crippen LogP contribution >= 0.6 is 0 Å². The summed E-state index contributed by atoms with van der Waals surface area (Å²) in [4.78, 5) is 0. The Morgan fingerprint density at radius 1 is 0.857 bits per heavy atom. The van der Waals surface area contributed by atoms with Gasteiger partial charge in [-0.25, -0.2) is 0 Å². The molecule has 0 fully saturated rings. The fourth-order valence-corrected chi connectivity index (χ4v) is 2.57. The van der Waals surface area contributed by atoms with Crippen LogP contribution in [0.3, 0.4) is 0 Å². The zero-order valence-corrected chi connectivity index (χ0v) is 12.9. The van der Waals surface area contributed by atoms with Gasteiger partial charge >= 0.3 is 0 Å². The first kappa shape index (κ1) is 15.7. The Labute approximate surface area is 127 Å². The predicted molar refractivity (Wildman–Crippen MR) is 88.1 cm³/mol. The quantitative estimate of drug-likeness (QED) is 0.852. The van der Waals surface area contributed by atoms with Crippen LogP contribution in [-0.4, -0.2) is 11.1 Å². The Kier molecular flexibility index (Phi) is 5.54. The third kappa shape index (κ3) is 4.69. The highest BCUT2D eigenvalue weighted by Crippen LogP contribution is 2.20. The maximum atomic E-state index is 10.4. The van der Waals surface area contributed by atoms with Gasteiger partial charge in [-0.3, -0.25) is 0 Å². The van der Waals surface area contributed by atoms with Crippen molar-refractivity contribution in [2.24, 2.45) is 11.7 Å². The van der Waals surface area contributed by atoms with Crippen molar-refractivity contribution in [2.45, 2.75) is 38.8 Å². The molecule has 0 spiro atoms. The zero-order valence-electron chi connectivity index (χ0n) is 12.9. The molecule has 2 atom stereocenters. The molecule has 0 radical (unpaired) electrons. The number of aliphatic hydroxyl groups excluding tert-OH is 1. The van der Waals surface area contributed by atoms with E-state index in [1.165, 1.54) is 5.56 Å². The number of benzene rings is 2. The lowest BCUT2D eigenvalue weighted by atomic mass is 9.95. The van der Waals surface area contributed by atoms with Crippen molar-refractivity contribution in [3.05, 3.63) is 71.3 Å². The lowest BCUT2D eigenvalue weighted by Gasteiger charge is -2.19. The molecule has 3 N–H and O–H groups in total. The molecule has 0 saturated heterocycles. The standard InChI is InChI=1S/C19H25NO/c1-14(2)12-16-8-10-17(11-9-16)19(21)18(20)13-15-6-4-3-5-7-15/h3-11,14,18-19,21H,12-13,20H2,1-2H3. The van der Waals surface area contributed by atoms with Gasteiger partial charge in [0.15, 0.2) is 0 Å². The van der Waals surface area contributed by atoms with Gasteiger partial charge in [0.05, 0.1) is 6.10 Å². The molecule has 0 aliphatic carbocycles. The summed E-state index contributed by atoms with van der Waals surface area (Å²) in [7, 11) is 0. The van der Waals surface area contributed by atoms with E-state index >= 15 is 0 Å². The molecule has 0 heterocycles. The largest absolute Gasteiger partial charge is 0.387 e. The highest BCUT2D eigenvalue weighted by molar-refractivity contribution is 5.26. The van der Waals surface area contributed by atoms with Crippen molar-refractivity contribution >= 4 is 0 Å². The fraction of sp³-hybridized carbons (Fsp3) is 0.368. The van der Waals surface area contributed by atoms with E-state index in [2.05, 4.69) is 26.0 Å². The monoisotopic (exact) mass is 283 g/mol. The predicted octanol–water partition coefficient (Wildman–Crippen LogP) is 3.49. The Morgan fingerprint density at radius 2 is 1.43 bits per heavy atom. The molecule has 2 aromatic rings. The minimum atomic E-state index is -0.627. The normalized spacial score (nSPS) is 14.1. The molecule has 2 unspecified atom stereocenters. The van der Waals surface area contributed by atoms with Gasteiger partial charge < -0.3 is 10.8 Å². The Bertz CT molecular complexity index is 533. The average Bonchev–Trinajstić information content (AvgIpc) is 2.47. The van der Waals surface area contributed by atoms with E-state index in [1.54, 1.807) is 0 Å². The topological polar surface area (TPSA) is 46.2 Å². The van der Waals surface area contributed by atoms with E-state index in [4.69, 9.17) is 5.73 Å². The first-order chi connectivity index (χ1) is 10.1. The summed E-state index contributed by atoms with van der Waals surface area (Å²) in [6.45, 7) is 4.41. The molecule has 0 saturated carbocycles. The first-order valence-corrected chi connectivity index (χ1v) is 7.62. The second-order valence-corrected chi connectivity index (χ2v) is 6.14. The van der Waals surface area contributed by atoms with E-state index in [0.29, 0.717) is 12.3 Å². The van der Waals surface area contributed by atoms with Gasteiger partial charge in [-0.1, -0.05) is 68.4 Å². The third-order valence-corrected chi connectivity index (χ3v) is 3.68. The van der Waals surface area contributed by atoms with Gasteiger partial charge in [0.1, 0.15) is 0 Å². The molecular weight excluding hydrogens is 258 g/mol. The van der Waals surface area contributed by atoms with E-state index in [-0.39, 0.29) is 6.04 Å². The highest BCUT2D eigenvalue weighted by Gasteiger charge is 2.17. The molecule has 0 amide bonds. The summed E-state index contributed by atoms with van der Waals surface area (Å²) in [6, 6.07) is 17.9. The minimum Gasteiger partial charge on any atom is -0.387 e. The number of aliphatic hydroxyl groups is 1. The maximum Gasteiger partial charge on any atom is 0.0944 e. The Morgan fingerprint density at radius 3 is 2.00 bits per heavy atom. The van der Waals surface area contributed by atoms with Crippen LogP contribution in [0.2, 0.25) is 0 Å². The number of nitrogens with two attached hydrogens (primary N) is 1. The maximum absolute atomic E-state index is 10.4. The fourth-order valence-electron chi connectivity index (χ4n) is 2.57. The van der Waals surface area contributed by atoms with Crippen molar-refractivity contribution in [1.29, 1.82) is 0 Å². The van der Waals surface area contributed by atoms with Crippen LogP contribution in [-0.2, 0) is 12.8 Å². The third-order valence-electron chi connectivity index (χ3n) is 3.68. The Balaban J connectivity index is 2.00. The van der Waals surface area contributed by atoms with E-state index in [0.717, 1.165) is 17.5 Å². The zero-order chi connectivity index (χ0) is 15.2. The van der Waals surface area contributed by atoms with Gasteiger partial charge in [-0.2, -0.15) is 0 Å². The van der Waals surface area contributed by atoms with Gasteiger partial charge in [0.2, 0.25) is 0 Å². The van der Waals surface area contributed by atoms with Crippen LogP contribution in [0.4, 0.5) is 0 Å². The lowest BCUT2D eigenvalue weighted by Crippen LogP contribution is -2.30. The summed E-state index contributed by atoms with van der Waals surface area (Å²) < 4.78 is 0. The summed E-state index contributed by atoms with van der Waals surface area (Å²) in [5.41, 5.74) is 9.50. The molecular formula is C19H25NO. The number of hydrogen-bond donors (Lipinski definition) is 2. The van der Waals surface area contributed by atoms with E-state index < -0.39 is 6.10 Å². The van der Waals surface area contributed by atoms with Crippen molar-refractivity contribution in [3.8, 4) is 0 Å². The second kappa shape index (κ2) is 7.39. The van der Waals surface area contributed by atoms with E-state index in [9.17, 15) is 5.11 Å². The molecule has 21 heavy (non-hydrogen) atoms. The van der Waals surface area contributed by atoms with Crippen LogP contribution < -0.4 is 5.73 Å². The van der Waals surface area contributed by atoms with Crippen LogP contribution in [0, 0.1) is 5.92 Å². The summed E-state index contributed by atoms with van der Waals surface area (Å²) in [6.07, 6.45) is 1.11. The van der Waals surface area contributed by atoms with Crippen molar-refractivity contribution in [2.75, 3.05) is 0 Å². The molecule has 0 aliphatic heterocycles. The highest BCUT2D eigenvalue weighted by atomic mass is 16.3. The van der Waals surface area contributed by atoms with Gasteiger partial charge in [-0.05, 0) is 35.4 Å². The van der Waals surface area contributed by atoms with E-state index in [1.807, 2.05) is 42.5 Å². The van der Waals surface area contributed by atoms with Crippen molar-refractivity contribution in [1.82, 2.24) is 0 Å². The number of hydrogen-bond acceptors (Lipinski definition) is 2.